The lowest BCUT2D eigenvalue weighted by atomic mass is 9.55. The highest BCUT2D eigenvalue weighted by Crippen LogP contribution is 2.64. The maximum absolute atomic E-state index is 15.4. The van der Waals surface area contributed by atoms with E-state index in [-0.39, 0.29) is 124 Å². The molecule has 51 heteroatoms. The van der Waals surface area contributed by atoms with Crippen molar-refractivity contribution in [3.05, 3.63) is 116 Å². The molecule has 806 valence electrons. The van der Waals surface area contributed by atoms with Gasteiger partial charge in [-0.2, -0.15) is 57.1 Å². The second-order valence-corrected chi connectivity index (χ2v) is 48.1. The molecule has 141 heavy (non-hydrogen) atoms. The van der Waals surface area contributed by atoms with Crippen LogP contribution in [-0.4, -0.2) is 200 Å². The monoisotopic (exact) mass is 2190 g/mol. The van der Waals surface area contributed by atoms with Gasteiger partial charge in [0.2, 0.25) is 34.8 Å². The van der Waals surface area contributed by atoms with Gasteiger partial charge in [0, 0.05) is 106 Å². The Kier molecular flexibility index (Phi) is 46.2. The van der Waals surface area contributed by atoms with Crippen molar-refractivity contribution in [1.29, 1.82) is 0 Å². The average Bonchev–Trinajstić information content (AvgIpc) is 1.62. The van der Waals surface area contributed by atoms with Crippen LogP contribution < -0.4 is 33.9 Å². The van der Waals surface area contributed by atoms with Gasteiger partial charge in [0.25, 0.3) is 13.4 Å². The zero-order valence-corrected chi connectivity index (χ0v) is 86.4. The molecule has 0 aromatic heterocycles. The summed E-state index contributed by atoms with van der Waals surface area (Å²) in [5.74, 6) is -12.4. The third kappa shape index (κ3) is 34.2. The predicted molar refractivity (Wildman–Crippen MR) is 485 cm³/mol. The van der Waals surface area contributed by atoms with Crippen molar-refractivity contribution in [2.24, 2.45) is 46.3 Å². The molecule has 26 nitrogen and oxygen atoms in total. The van der Waals surface area contributed by atoms with E-state index in [9.17, 15) is 87.1 Å². The molecule has 6 aliphatic rings. The molecule has 14 atom stereocenters. The van der Waals surface area contributed by atoms with Crippen LogP contribution in [0.25, 0.3) is 0 Å². The van der Waals surface area contributed by atoms with Crippen molar-refractivity contribution >= 4 is 74.5 Å². The van der Waals surface area contributed by atoms with Crippen LogP contribution in [0.5, 0.6) is 23.0 Å². The minimum absolute atomic E-state index is 0.000219. The van der Waals surface area contributed by atoms with Crippen LogP contribution in [0.1, 0.15) is 195 Å². The Bertz CT molecular complexity index is 4800. The van der Waals surface area contributed by atoms with Crippen molar-refractivity contribution in [2.45, 2.75) is 230 Å². The zero-order valence-electron chi connectivity index (χ0n) is 79.6. The van der Waals surface area contributed by atoms with E-state index in [1.54, 1.807) is 43.3 Å². The molecule has 0 aliphatic heterocycles. The molecule has 0 saturated heterocycles. The first kappa shape index (κ1) is 121. The van der Waals surface area contributed by atoms with Gasteiger partial charge in [0.1, 0.15) is 11.5 Å². The summed E-state index contributed by atoms with van der Waals surface area (Å²) in [4.78, 5) is 67.3. The molecule has 4 aromatic carbocycles. The number of phosphoric ester groups is 4. The molecule has 4 aromatic rings. The molecule has 4 fully saturated rings. The van der Waals surface area contributed by atoms with Crippen molar-refractivity contribution in [3.63, 3.8) is 0 Å². The summed E-state index contributed by atoms with van der Waals surface area (Å²) in [5, 5.41) is 0. The number of halogens is 17. The number of fused-ring (bicyclic) bond motifs is 10. The predicted octanol–water partition coefficient (Wildman–Crippen LogP) is 20.4. The van der Waals surface area contributed by atoms with Gasteiger partial charge in [-0.15, -0.1) is 0 Å². The van der Waals surface area contributed by atoms with E-state index in [0.717, 1.165) is 108 Å². The first-order valence-corrected chi connectivity index (χ1v) is 57.3. The van der Waals surface area contributed by atoms with Crippen LogP contribution in [0.3, 0.4) is 0 Å². The second kappa shape index (κ2) is 53.7. The molecule has 0 heterocycles. The van der Waals surface area contributed by atoms with Gasteiger partial charge in [-0.1, -0.05) is 69.2 Å². The van der Waals surface area contributed by atoms with E-state index in [2.05, 4.69) is 41.2 Å². The van der Waals surface area contributed by atoms with Gasteiger partial charge in [-0.3, -0.25) is 13.6 Å². The van der Waals surface area contributed by atoms with Gasteiger partial charge in [0.15, 0.2) is 28.9 Å². The Balaban J connectivity index is 0.000000315. The quantitative estimate of drug-likeness (QED) is 0.0141. The fourth-order valence-corrected chi connectivity index (χ4v) is 25.3. The fraction of sp³-hybridized carbons (Fsp3) is 0.733. The molecular weight excluding hydrogens is 2070 g/mol. The van der Waals surface area contributed by atoms with Crippen molar-refractivity contribution in [2.75, 3.05) is 144 Å². The summed E-state index contributed by atoms with van der Waals surface area (Å²) >= 11 is 0. The molecule has 10 rings (SSSR count). The number of hydrogen-bond acceptors (Lipinski definition) is 29. The highest BCUT2D eigenvalue weighted by molar-refractivity contribution is 8.77. The Labute approximate surface area is 826 Å². The molecule has 0 radical (unpaired) electrons. The zero-order chi connectivity index (χ0) is 104. The van der Waals surface area contributed by atoms with E-state index < -0.39 is 175 Å². The number of ether oxygens (including phenoxy) is 8. The maximum Gasteiger partial charge on any atom is 0.471 e. The lowest BCUT2D eigenvalue weighted by molar-refractivity contribution is -0.374. The molecule has 0 spiro atoms. The van der Waals surface area contributed by atoms with Crippen LogP contribution in [0.15, 0.2) is 36.4 Å². The molecule has 0 bridgehead atoms. The Morgan fingerprint density at radius 3 is 1.21 bits per heavy atom. The number of alkyl halides is 9. The first-order valence-electron chi connectivity index (χ1n) is 46.4. The van der Waals surface area contributed by atoms with Gasteiger partial charge < -0.3 is 104 Å². The van der Waals surface area contributed by atoms with E-state index in [1.165, 1.54) is 54.1 Å². The molecular formula is C90H124F17N2O24P4S4-5. The highest BCUT2D eigenvalue weighted by atomic mass is 33.1. The molecule has 6 aliphatic carbocycles. The topological polar surface area (TPSA) is 340 Å². The molecule has 0 amide bonds. The summed E-state index contributed by atoms with van der Waals surface area (Å²) in [7, 11) is -8.33. The maximum atomic E-state index is 15.4. The normalized spacial score (nSPS) is 23.0. The fourth-order valence-electron chi connectivity index (χ4n) is 19.7. The number of aryl methyl sites for hydroxylation is 2. The second-order valence-electron chi connectivity index (χ2n) is 37.4. The lowest BCUT2D eigenvalue weighted by Crippen LogP contribution is -2.56. The number of hydrogen-bond donors (Lipinski definition) is 1. The molecule has 1 N–H and O–H groups in total. The van der Waals surface area contributed by atoms with E-state index in [4.69, 9.17) is 37.7 Å². The van der Waals surface area contributed by atoms with Gasteiger partial charge >= 0.3 is 26.4 Å². The summed E-state index contributed by atoms with van der Waals surface area (Å²) in [6.07, 6.45) is -3.82. The highest BCUT2D eigenvalue weighted by Gasteiger charge is 2.69. The molecule has 14 unspecified atom stereocenters. The van der Waals surface area contributed by atoms with E-state index in [1.807, 2.05) is 6.07 Å². The number of phosphoric acid groups is 4. The number of nitrogens with zero attached hydrogens (tertiary/aromatic N) is 2. The van der Waals surface area contributed by atoms with Crippen molar-refractivity contribution in [1.82, 2.24) is 9.80 Å². The Morgan fingerprint density at radius 2 is 0.837 bits per heavy atom. The summed E-state index contributed by atoms with van der Waals surface area (Å²) in [6, 6.07) is 10.1. The Hall–Kier alpha value is -3.19. The van der Waals surface area contributed by atoms with Gasteiger partial charge in [0.05, 0.1) is 74.1 Å². The minimum atomic E-state index is -5.64. The van der Waals surface area contributed by atoms with Crippen molar-refractivity contribution < 1.29 is 187 Å². The Morgan fingerprint density at radius 1 is 0.454 bits per heavy atom. The van der Waals surface area contributed by atoms with Crippen LogP contribution in [0, 0.1) is 92.9 Å². The first-order chi connectivity index (χ1) is 66.0. The summed E-state index contributed by atoms with van der Waals surface area (Å²) < 4.78 is 357. The third-order valence-electron chi connectivity index (χ3n) is 27.4. The summed E-state index contributed by atoms with van der Waals surface area (Å²) in [6.45, 7) is 4.98. The summed E-state index contributed by atoms with van der Waals surface area (Å²) in [5.41, 5.74) is -4.42. The van der Waals surface area contributed by atoms with Crippen LogP contribution in [-0.2, 0) is 99.8 Å². The largest absolute Gasteiger partial charge is 0.790 e. The van der Waals surface area contributed by atoms with Crippen LogP contribution in [0.4, 0.5) is 74.6 Å². The smallest absolute Gasteiger partial charge is 0.471 e. The van der Waals surface area contributed by atoms with E-state index in [0.29, 0.717) is 119 Å². The minimum Gasteiger partial charge on any atom is -0.790 e. The van der Waals surface area contributed by atoms with Crippen molar-refractivity contribution in [3.8, 4) is 23.0 Å². The number of benzene rings is 4. The van der Waals surface area contributed by atoms with Gasteiger partial charge in [-0.25, -0.2) is 22.1 Å². The molecule has 4 saturated carbocycles. The van der Waals surface area contributed by atoms with Gasteiger partial charge in [-0.05, 0) is 269 Å². The standard InChI is InChI=1S/C45H63F10NO12P2S2.C45H66F7NO12P2S2/c1-42-16-15-32-31-12-10-30(24-29(31)9-11-33(32)35(42)13-14-36(42)64-19-7-20-65-43(2,44(50,51)52)45(53,54)55)68-41-39(48)37(46)34(38(47)40(41)49)25-56(3)17-6-22-71-72-23-21-63-18-5-8-28(26-66-69(57,58)59)27-67-70(60,61)62-4;1-43(2,45(50,51)52)62-21-8-20-61-37-15-14-36-34-12-10-30-25-31(11-13-32(30)33(34)16-17-44(36,37)3)65-42-40(48)38(46)35(39(47)41(42)49)26-53(4)18-7-23-68-69-24-22-60-19-6-9-29(27-63-66(54,55)56)28-64-67(57,58)59-5/h10,12,24,28,32-33,35-36H,5-9,11,13-23,25-27H2,1-4H3,(H,60,61)(H2,57,58,59);11,13,25,29,33-34,36-37H,6-10,12,14-24,26-28H2,1-5H3,(H,57,58)(H2,54,55,56)/p-5. The van der Waals surface area contributed by atoms with E-state index >= 15 is 35.1 Å². The lowest BCUT2D eigenvalue weighted by Gasteiger charge is -2.50. The van der Waals surface area contributed by atoms with Crippen LogP contribution in [0.2, 0.25) is 0 Å². The number of rotatable bonds is 58. The SMILES string of the molecule is COP(=O)(O)OCC(CCCOCCSSCCCN(C)Cc1c(F)c(F)c(Oc2ccc3c(c2)CCC2C3CCC3(C)C(OCCCOC(C)(C)C(F)(F)F)CCC23)c(F)c1F)COP(=O)([O-])[O-].COP(=O)([O-])OCC(CCCOCCSSCCCN(C)Cc1c(F)c(F)c(Oc2ccc3c(c2)CCC2C3CCC3(C)C(OCCCOC(C)(C(F)(F)F)C(F)(F)F)CCC23)c(F)c1F)COP(=O)([O-])[O-]. The third-order valence-corrected chi connectivity index (χ3v) is 35.1. The van der Waals surface area contributed by atoms with Crippen LogP contribution >= 0.6 is 74.5 Å². The average molecular weight is 2190 g/mol.